The Morgan fingerprint density at radius 3 is 2.97 bits per heavy atom. The Morgan fingerprint density at radius 2 is 2.06 bits per heavy atom. The molecule has 0 saturated carbocycles. The van der Waals surface area contributed by atoms with Crippen molar-refractivity contribution < 1.29 is 14.3 Å². The van der Waals surface area contributed by atoms with Crippen molar-refractivity contribution in [2.75, 3.05) is 20.3 Å². The highest BCUT2D eigenvalue weighted by molar-refractivity contribution is 5.88. The van der Waals surface area contributed by atoms with Crippen LogP contribution in [0, 0.1) is 0 Å². The second kappa shape index (κ2) is 8.47. The molecule has 2 aromatic heterocycles. The van der Waals surface area contributed by atoms with Crippen molar-refractivity contribution in [3.05, 3.63) is 66.0 Å². The lowest BCUT2D eigenvalue weighted by atomic mass is 9.91. The molecule has 5 rings (SSSR count). The van der Waals surface area contributed by atoms with Crippen LogP contribution >= 0.6 is 0 Å². The lowest BCUT2D eigenvalue weighted by molar-refractivity contribution is -0.123. The molecule has 0 saturated heterocycles. The number of H-pyrrole nitrogens is 1. The minimum atomic E-state index is -0.104. The molecular weight excluding hydrogens is 390 g/mol. The first-order valence-corrected chi connectivity index (χ1v) is 10.8. The standard InChI is InChI=1S/C25H27N3O3/c1-30-15-14-28-13-12-19-22(28)10-5-11-23(19)31-16-24(29)26-21-9-4-7-18-17-6-2-3-8-20(17)27-25(18)21/h2-3,5-6,8,10-13,21,27H,4,7,9,14-16H2,1H3,(H,26,29). The fourth-order valence-corrected chi connectivity index (χ4v) is 4.64. The van der Waals surface area contributed by atoms with E-state index in [1.54, 1.807) is 7.11 Å². The first-order chi connectivity index (χ1) is 15.2. The summed E-state index contributed by atoms with van der Waals surface area (Å²) in [4.78, 5) is 16.2. The summed E-state index contributed by atoms with van der Waals surface area (Å²) in [5, 5.41) is 5.43. The van der Waals surface area contributed by atoms with Gasteiger partial charge in [0, 0.05) is 41.8 Å². The van der Waals surface area contributed by atoms with Crippen LogP contribution in [0.1, 0.15) is 30.1 Å². The smallest absolute Gasteiger partial charge is 0.258 e. The zero-order valence-corrected chi connectivity index (χ0v) is 17.7. The monoisotopic (exact) mass is 417 g/mol. The van der Waals surface area contributed by atoms with Crippen LogP contribution in [0.15, 0.2) is 54.7 Å². The molecule has 6 heteroatoms. The maximum Gasteiger partial charge on any atom is 0.258 e. The number of hydrogen-bond acceptors (Lipinski definition) is 3. The van der Waals surface area contributed by atoms with Crippen LogP contribution in [0.2, 0.25) is 0 Å². The highest BCUT2D eigenvalue weighted by Crippen LogP contribution is 2.34. The minimum Gasteiger partial charge on any atom is -0.483 e. The van der Waals surface area contributed by atoms with Gasteiger partial charge in [0.1, 0.15) is 5.75 Å². The average Bonchev–Trinajstić information content (AvgIpc) is 3.38. The number of hydrogen-bond donors (Lipinski definition) is 2. The summed E-state index contributed by atoms with van der Waals surface area (Å²) in [5.41, 5.74) is 4.67. The molecule has 2 N–H and O–H groups in total. The van der Waals surface area contributed by atoms with Crippen LogP contribution in [0.3, 0.4) is 0 Å². The molecule has 1 unspecified atom stereocenters. The number of amides is 1. The van der Waals surface area contributed by atoms with E-state index in [2.05, 4.69) is 39.1 Å². The van der Waals surface area contributed by atoms with Crippen molar-refractivity contribution in [3.8, 4) is 5.75 Å². The Bertz CT molecular complexity index is 1220. The van der Waals surface area contributed by atoms with Gasteiger partial charge in [0.15, 0.2) is 6.61 Å². The van der Waals surface area contributed by atoms with Crippen LogP contribution in [0.25, 0.3) is 21.8 Å². The third-order valence-corrected chi connectivity index (χ3v) is 6.12. The van der Waals surface area contributed by atoms with Crippen LogP contribution in [0.4, 0.5) is 0 Å². The molecular formula is C25H27N3O3. The molecule has 0 fully saturated rings. The average molecular weight is 418 g/mol. The number of aromatic amines is 1. The molecule has 0 radical (unpaired) electrons. The third kappa shape index (κ3) is 3.79. The van der Waals surface area contributed by atoms with E-state index in [-0.39, 0.29) is 18.6 Å². The van der Waals surface area contributed by atoms with Crippen molar-refractivity contribution in [3.63, 3.8) is 0 Å². The van der Waals surface area contributed by atoms with Gasteiger partial charge < -0.3 is 24.3 Å². The van der Waals surface area contributed by atoms with Crippen molar-refractivity contribution >= 4 is 27.7 Å². The van der Waals surface area contributed by atoms with Crippen molar-refractivity contribution in [2.24, 2.45) is 0 Å². The SMILES string of the molecule is COCCn1ccc2c(OCC(=O)NC3CCCc4c3[nH]c3ccccc43)cccc21. The first kappa shape index (κ1) is 19.7. The zero-order chi connectivity index (χ0) is 21.2. The quantitative estimate of drug-likeness (QED) is 0.470. The van der Waals surface area contributed by atoms with E-state index < -0.39 is 0 Å². The van der Waals surface area contributed by atoms with Gasteiger partial charge >= 0.3 is 0 Å². The zero-order valence-electron chi connectivity index (χ0n) is 17.7. The fourth-order valence-electron chi connectivity index (χ4n) is 4.64. The van der Waals surface area contributed by atoms with Crippen LogP contribution < -0.4 is 10.1 Å². The normalized spacial score (nSPS) is 15.8. The summed E-state index contributed by atoms with van der Waals surface area (Å²) >= 11 is 0. The first-order valence-electron chi connectivity index (χ1n) is 10.8. The van der Waals surface area contributed by atoms with E-state index in [0.717, 1.165) is 53.7 Å². The Labute approximate surface area is 181 Å². The number of carbonyl (C=O) groups is 1. The number of nitrogens with one attached hydrogen (secondary N) is 2. The summed E-state index contributed by atoms with van der Waals surface area (Å²) in [6, 6.07) is 16.3. The van der Waals surface area contributed by atoms with Crippen LogP contribution in [-0.2, 0) is 22.5 Å². The summed E-state index contributed by atoms with van der Waals surface area (Å²) in [7, 11) is 1.70. The number of nitrogens with zero attached hydrogens (tertiary/aromatic N) is 1. The lowest BCUT2D eigenvalue weighted by Gasteiger charge is -2.24. The van der Waals surface area contributed by atoms with Crippen molar-refractivity contribution in [2.45, 2.75) is 31.8 Å². The van der Waals surface area contributed by atoms with E-state index in [1.165, 1.54) is 10.9 Å². The highest BCUT2D eigenvalue weighted by Gasteiger charge is 2.25. The van der Waals surface area contributed by atoms with Gasteiger partial charge in [0.05, 0.1) is 18.2 Å². The second-order valence-corrected chi connectivity index (χ2v) is 8.05. The number of benzene rings is 2. The third-order valence-electron chi connectivity index (χ3n) is 6.12. The van der Waals surface area contributed by atoms with Crippen molar-refractivity contribution in [1.29, 1.82) is 0 Å². The largest absolute Gasteiger partial charge is 0.483 e. The Kier molecular flexibility index (Phi) is 5.38. The molecule has 2 heterocycles. The molecule has 2 aromatic carbocycles. The van der Waals surface area contributed by atoms with Gasteiger partial charge in [-0.2, -0.15) is 0 Å². The Balaban J connectivity index is 1.28. The molecule has 6 nitrogen and oxygen atoms in total. The Morgan fingerprint density at radius 1 is 1.16 bits per heavy atom. The van der Waals surface area contributed by atoms with Gasteiger partial charge in [-0.15, -0.1) is 0 Å². The number of methoxy groups -OCH3 is 1. The molecule has 1 aliphatic rings. The predicted octanol–water partition coefficient (Wildman–Crippen LogP) is 4.34. The predicted molar refractivity (Wildman–Crippen MR) is 121 cm³/mol. The van der Waals surface area contributed by atoms with E-state index in [0.29, 0.717) is 6.61 Å². The molecule has 4 aromatic rings. The number of aromatic nitrogens is 2. The molecule has 31 heavy (non-hydrogen) atoms. The minimum absolute atomic E-state index is 0.00169. The summed E-state index contributed by atoms with van der Waals surface area (Å²) < 4.78 is 13.2. The van der Waals surface area contributed by atoms with Crippen LogP contribution in [-0.4, -0.2) is 35.8 Å². The summed E-state index contributed by atoms with van der Waals surface area (Å²) in [6.45, 7) is 1.42. The number of fused-ring (bicyclic) bond motifs is 4. The van der Waals surface area contributed by atoms with Crippen LogP contribution in [0.5, 0.6) is 5.75 Å². The van der Waals surface area contributed by atoms with E-state index in [9.17, 15) is 4.79 Å². The lowest BCUT2D eigenvalue weighted by Crippen LogP contribution is -2.34. The van der Waals surface area contributed by atoms with E-state index in [1.807, 2.05) is 30.5 Å². The fraction of sp³-hybridized carbons (Fsp3) is 0.320. The molecule has 1 amide bonds. The molecule has 1 aliphatic carbocycles. The maximum absolute atomic E-state index is 12.7. The summed E-state index contributed by atoms with van der Waals surface area (Å²) in [5.74, 6) is 0.617. The molecule has 0 spiro atoms. The van der Waals surface area contributed by atoms with Gasteiger partial charge in [0.25, 0.3) is 5.91 Å². The molecule has 0 bridgehead atoms. The number of carbonyl (C=O) groups excluding carboxylic acids is 1. The second-order valence-electron chi connectivity index (χ2n) is 8.05. The van der Waals surface area contributed by atoms with Gasteiger partial charge in [-0.25, -0.2) is 0 Å². The van der Waals surface area contributed by atoms with E-state index in [4.69, 9.17) is 9.47 Å². The van der Waals surface area contributed by atoms with Gasteiger partial charge in [-0.3, -0.25) is 4.79 Å². The maximum atomic E-state index is 12.7. The number of para-hydroxylation sites is 1. The number of rotatable bonds is 7. The van der Waals surface area contributed by atoms with Gasteiger partial charge in [-0.05, 0) is 49.1 Å². The number of aryl methyl sites for hydroxylation is 1. The molecule has 0 aliphatic heterocycles. The van der Waals surface area contributed by atoms with Crippen molar-refractivity contribution in [1.82, 2.24) is 14.9 Å². The van der Waals surface area contributed by atoms with Gasteiger partial charge in [-0.1, -0.05) is 24.3 Å². The number of ether oxygens (including phenoxy) is 2. The molecule has 160 valence electrons. The highest BCUT2D eigenvalue weighted by atomic mass is 16.5. The topological polar surface area (TPSA) is 68.3 Å². The Hall–Kier alpha value is -3.25. The summed E-state index contributed by atoms with van der Waals surface area (Å²) in [6.07, 6.45) is 5.07. The molecule has 1 atom stereocenters. The van der Waals surface area contributed by atoms with Gasteiger partial charge in [0.2, 0.25) is 0 Å². The van der Waals surface area contributed by atoms with E-state index >= 15 is 0 Å².